The fourth-order valence-corrected chi connectivity index (χ4v) is 3.25. The maximum Gasteiger partial charge on any atom is 0.248 e. The summed E-state index contributed by atoms with van der Waals surface area (Å²) >= 11 is 0. The molecule has 0 atom stereocenters. The Morgan fingerprint density at radius 2 is 1.70 bits per heavy atom. The monoisotopic (exact) mass is 332 g/mol. The summed E-state index contributed by atoms with van der Waals surface area (Å²) in [5.74, 6) is -0.508. The Morgan fingerprint density at radius 1 is 1.09 bits per heavy atom. The normalized spacial score (nSPS) is 11.3. The van der Waals surface area contributed by atoms with Crippen LogP contribution < -0.4 is 10.0 Å². The first-order chi connectivity index (χ1) is 10.7. The number of rotatable bonds is 5. The first-order valence-electron chi connectivity index (χ1n) is 7.12. The van der Waals surface area contributed by atoms with Crippen LogP contribution in [0.2, 0.25) is 0 Å². The predicted octanol–water partition coefficient (Wildman–Crippen LogP) is 2.37. The summed E-state index contributed by atoms with van der Waals surface area (Å²) < 4.78 is 25.8. The molecule has 1 amide bonds. The van der Waals surface area contributed by atoms with Crippen LogP contribution in [0.4, 0.5) is 5.69 Å². The van der Waals surface area contributed by atoms with Crippen LogP contribution in [0.1, 0.15) is 27.0 Å². The van der Waals surface area contributed by atoms with Crippen LogP contribution in [0.5, 0.6) is 0 Å². The summed E-state index contributed by atoms with van der Waals surface area (Å²) in [4.78, 5) is 11.1. The van der Waals surface area contributed by atoms with E-state index in [1.807, 2.05) is 32.0 Å². The number of carbonyl (C=O) groups is 1. The van der Waals surface area contributed by atoms with E-state index in [9.17, 15) is 13.2 Å². The summed E-state index contributed by atoms with van der Waals surface area (Å²) in [6, 6.07) is 12.3. The van der Waals surface area contributed by atoms with E-state index < -0.39 is 15.9 Å². The summed E-state index contributed by atoms with van der Waals surface area (Å²) in [6.45, 7) is 4.00. The van der Waals surface area contributed by atoms with E-state index >= 15 is 0 Å². The average Bonchev–Trinajstić information content (AvgIpc) is 2.47. The molecule has 0 spiro atoms. The largest absolute Gasteiger partial charge is 0.366 e. The second-order valence-electron chi connectivity index (χ2n) is 5.62. The highest BCUT2D eigenvalue weighted by molar-refractivity contribution is 7.92. The zero-order valence-corrected chi connectivity index (χ0v) is 14.2. The number of nitrogens with zero attached hydrogens (tertiary/aromatic N) is 1. The molecule has 0 aliphatic rings. The van der Waals surface area contributed by atoms with Crippen molar-refractivity contribution >= 4 is 21.6 Å². The fourth-order valence-electron chi connectivity index (χ4n) is 2.31. The first-order valence-corrected chi connectivity index (χ1v) is 8.97. The summed E-state index contributed by atoms with van der Waals surface area (Å²) in [7, 11) is -3.44. The van der Waals surface area contributed by atoms with E-state index in [0.29, 0.717) is 11.3 Å². The number of carbonyl (C=O) groups excluding carboxylic acids is 1. The lowest BCUT2D eigenvalue weighted by molar-refractivity contribution is 0.100. The van der Waals surface area contributed by atoms with Crippen LogP contribution in [0.15, 0.2) is 42.5 Å². The van der Waals surface area contributed by atoms with Crippen molar-refractivity contribution in [3.63, 3.8) is 0 Å². The van der Waals surface area contributed by atoms with Crippen molar-refractivity contribution in [1.82, 2.24) is 0 Å². The Morgan fingerprint density at radius 3 is 2.22 bits per heavy atom. The summed E-state index contributed by atoms with van der Waals surface area (Å²) in [5.41, 5.74) is 8.92. The molecule has 2 rings (SSSR count). The molecule has 0 aliphatic heterocycles. The maximum absolute atomic E-state index is 12.2. The molecule has 0 unspecified atom stereocenters. The minimum absolute atomic E-state index is 0.197. The van der Waals surface area contributed by atoms with Crippen molar-refractivity contribution in [2.24, 2.45) is 5.73 Å². The van der Waals surface area contributed by atoms with Gasteiger partial charge in [-0.1, -0.05) is 24.3 Å². The van der Waals surface area contributed by atoms with Gasteiger partial charge in [-0.15, -0.1) is 0 Å². The van der Waals surface area contributed by atoms with Gasteiger partial charge in [0.15, 0.2) is 0 Å². The van der Waals surface area contributed by atoms with Crippen molar-refractivity contribution in [3.05, 3.63) is 64.7 Å². The molecule has 0 saturated heterocycles. The van der Waals surface area contributed by atoms with Crippen LogP contribution in [-0.4, -0.2) is 20.6 Å². The quantitative estimate of drug-likeness (QED) is 0.913. The SMILES string of the molecule is Cc1ccc(C)c(N(Cc2ccc(C(N)=O)cc2)S(C)(=O)=O)c1. The molecule has 5 nitrogen and oxygen atoms in total. The standard InChI is InChI=1S/C17H20N2O3S/c1-12-4-5-13(2)16(10-12)19(23(3,21)22)11-14-6-8-15(9-7-14)17(18)20/h4-10H,11H2,1-3H3,(H2,18,20). The van der Waals surface area contributed by atoms with Crippen molar-refractivity contribution in [2.45, 2.75) is 20.4 Å². The van der Waals surface area contributed by atoms with E-state index in [1.165, 1.54) is 10.6 Å². The molecular weight excluding hydrogens is 312 g/mol. The zero-order chi connectivity index (χ0) is 17.2. The molecule has 0 heterocycles. The van der Waals surface area contributed by atoms with Crippen molar-refractivity contribution in [3.8, 4) is 0 Å². The van der Waals surface area contributed by atoms with Gasteiger partial charge >= 0.3 is 0 Å². The van der Waals surface area contributed by atoms with Gasteiger partial charge in [0.05, 0.1) is 18.5 Å². The van der Waals surface area contributed by atoms with Gasteiger partial charge in [0, 0.05) is 5.56 Å². The van der Waals surface area contributed by atoms with E-state index in [0.717, 1.165) is 16.7 Å². The molecule has 0 aliphatic carbocycles. The van der Waals surface area contributed by atoms with Gasteiger partial charge in [-0.25, -0.2) is 8.42 Å². The average molecular weight is 332 g/mol. The third kappa shape index (κ3) is 4.10. The van der Waals surface area contributed by atoms with Crippen molar-refractivity contribution in [1.29, 1.82) is 0 Å². The molecule has 0 saturated carbocycles. The lowest BCUT2D eigenvalue weighted by Gasteiger charge is -2.24. The number of hydrogen-bond acceptors (Lipinski definition) is 3. The van der Waals surface area contributed by atoms with Crippen molar-refractivity contribution in [2.75, 3.05) is 10.6 Å². The topological polar surface area (TPSA) is 80.5 Å². The minimum atomic E-state index is -3.44. The van der Waals surface area contributed by atoms with E-state index in [1.54, 1.807) is 24.3 Å². The molecule has 23 heavy (non-hydrogen) atoms. The van der Waals surface area contributed by atoms with E-state index in [2.05, 4.69) is 0 Å². The number of primary amides is 1. The van der Waals surface area contributed by atoms with Crippen LogP contribution >= 0.6 is 0 Å². The third-order valence-electron chi connectivity index (χ3n) is 3.60. The van der Waals surface area contributed by atoms with Gasteiger partial charge in [-0.05, 0) is 48.7 Å². The van der Waals surface area contributed by atoms with Gasteiger partial charge in [-0.3, -0.25) is 9.10 Å². The molecule has 122 valence electrons. The van der Waals surface area contributed by atoms with Gasteiger partial charge in [0.2, 0.25) is 15.9 Å². The Kier molecular flexibility index (Phi) is 4.75. The molecule has 0 fully saturated rings. The number of sulfonamides is 1. The van der Waals surface area contributed by atoms with E-state index in [4.69, 9.17) is 5.73 Å². The van der Waals surface area contributed by atoms with Crippen molar-refractivity contribution < 1.29 is 13.2 Å². The van der Waals surface area contributed by atoms with Crippen LogP contribution in [0.3, 0.4) is 0 Å². The zero-order valence-electron chi connectivity index (χ0n) is 13.4. The fraction of sp³-hybridized carbons (Fsp3) is 0.235. The third-order valence-corrected chi connectivity index (χ3v) is 4.72. The lowest BCUT2D eigenvalue weighted by atomic mass is 10.1. The van der Waals surface area contributed by atoms with E-state index in [-0.39, 0.29) is 6.54 Å². The number of anilines is 1. The number of benzene rings is 2. The van der Waals surface area contributed by atoms with Gasteiger partial charge in [-0.2, -0.15) is 0 Å². The van der Waals surface area contributed by atoms with Gasteiger partial charge in [0.1, 0.15) is 0 Å². The summed E-state index contributed by atoms with van der Waals surface area (Å²) in [6.07, 6.45) is 1.19. The smallest absolute Gasteiger partial charge is 0.248 e. The molecule has 2 aromatic carbocycles. The highest BCUT2D eigenvalue weighted by atomic mass is 32.2. The molecule has 0 radical (unpaired) electrons. The second kappa shape index (κ2) is 6.42. The Bertz CT molecular complexity index is 827. The molecule has 2 aromatic rings. The van der Waals surface area contributed by atoms with Gasteiger partial charge < -0.3 is 5.73 Å². The Labute approximate surface area is 136 Å². The molecule has 0 aromatic heterocycles. The maximum atomic E-state index is 12.2. The molecule has 6 heteroatoms. The molecule has 0 bridgehead atoms. The lowest BCUT2D eigenvalue weighted by Crippen LogP contribution is -2.30. The number of nitrogens with two attached hydrogens (primary N) is 1. The molecule has 2 N–H and O–H groups in total. The van der Waals surface area contributed by atoms with Crippen LogP contribution in [0.25, 0.3) is 0 Å². The molecular formula is C17H20N2O3S. The highest BCUT2D eigenvalue weighted by Crippen LogP contribution is 2.26. The Balaban J connectivity index is 2.41. The summed E-state index contributed by atoms with van der Waals surface area (Å²) in [5, 5.41) is 0. The first kappa shape index (κ1) is 17.0. The second-order valence-corrected chi connectivity index (χ2v) is 7.53. The Hall–Kier alpha value is -2.34. The highest BCUT2D eigenvalue weighted by Gasteiger charge is 2.20. The van der Waals surface area contributed by atoms with Gasteiger partial charge in [0.25, 0.3) is 0 Å². The van der Waals surface area contributed by atoms with Crippen LogP contribution in [0, 0.1) is 13.8 Å². The minimum Gasteiger partial charge on any atom is -0.366 e. The number of amides is 1. The predicted molar refractivity (Wildman–Crippen MR) is 91.9 cm³/mol. The van der Waals surface area contributed by atoms with Crippen LogP contribution in [-0.2, 0) is 16.6 Å². The number of aryl methyl sites for hydroxylation is 2. The number of hydrogen-bond donors (Lipinski definition) is 1.